The van der Waals surface area contributed by atoms with Crippen LogP contribution in [0, 0.1) is 0 Å². The molecule has 0 aromatic heterocycles. The van der Waals surface area contributed by atoms with Crippen LogP contribution in [0.15, 0.2) is 48.5 Å². The van der Waals surface area contributed by atoms with E-state index in [1.807, 2.05) is 24.3 Å². The first kappa shape index (κ1) is 16.6. The monoisotopic (exact) mass is 368 g/mol. The lowest BCUT2D eigenvalue weighted by atomic mass is 10.1. The van der Waals surface area contributed by atoms with Crippen molar-refractivity contribution in [1.29, 1.82) is 0 Å². The molecule has 0 spiro atoms. The van der Waals surface area contributed by atoms with Crippen LogP contribution in [0.1, 0.15) is 30.0 Å². The Morgan fingerprint density at radius 3 is 2.20 bits per heavy atom. The molecule has 2 aromatic carbocycles. The molecule has 5 heteroatoms. The average molecular weight is 369 g/mol. The topological polar surface area (TPSA) is 32.3 Å². The van der Waals surface area contributed by atoms with Gasteiger partial charge in [-0.3, -0.25) is 4.79 Å². The Kier molecular flexibility index (Phi) is 4.77. The van der Waals surface area contributed by atoms with E-state index in [1.54, 1.807) is 0 Å². The highest BCUT2D eigenvalue weighted by molar-refractivity contribution is 8.23. The second kappa shape index (κ2) is 7.18. The number of thiocarbonyl (C=S) groups is 1. The molecule has 1 amide bonds. The molecule has 0 bridgehead atoms. The third-order valence-electron chi connectivity index (χ3n) is 4.83. The number of nitrogens with zero attached hydrogens (tertiary/aromatic N) is 1. The quantitative estimate of drug-likeness (QED) is 0.831. The Labute approximate surface area is 157 Å². The molecule has 0 atom stereocenters. The Bertz CT molecular complexity index is 769. The van der Waals surface area contributed by atoms with Gasteiger partial charge in [-0.25, -0.2) is 0 Å². The summed E-state index contributed by atoms with van der Waals surface area (Å²) in [5.41, 5.74) is 4.76. The molecular formula is C20H20N2OS2. The fourth-order valence-electron chi connectivity index (χ4n) is 3.63. The summed E-state index contributed by atoms with van der Waals surface area (Å²) in [4.78, 5) is 14.7. The molecule has 1 aliphatic carbocycles. The Hall–Kier alpha value is -1.85. The van der Waals surface area contributed by atoms with Crippen molar-refractivity contribution >= 4 is 34.2 Å². The van der Waals surface area contributed by atoms with Crippen molar-refractivity contribution < 1.29 is 4.79 Å². The van der Waals surface area contributed by atoms with Crippen LogP contribution < -0.4 is 5.32 Å². The molecule has 1 saturated heterocycles. The highest BCUT2D eigenvalue weighted by Gasteiger charge is 2.29. The molecule has 1 heterocycles. The zero-order valence-corrected chi connectivity index (χ0v) is 15.5. The van der Waals surface area contributed by atoms with Crippen LogP contribution in [-0.2, 0) is 4.79 Å². The molecule has 2 aromatic rings. The summed E-state index contributed by atoms with van der Waals surface area (Å²) < 4.78 is 0.847. The van der Waals surface area contributed by atoms with Crippen molar-refractivity contribution in [2.75, 3.05) is 18.8 Å². The molecule has 0 unspecified atom stereocenters. The first-order valence-corrected chi connectivity index (χ1v) is 10.0. The third-order valence-corrected chi connectivity index (χ3v) is 6.35. The van der Waals surface area contributed by atoms with Crippen molar-refractivity contribution in [1.82, 2.24) is 10.2 Å². The zero-order valence-electron chi connectivity index (χ0n) is 13.9. The number of hydrogen-bond donors (Lipinski definition) is 1. The van der Waals surface area contributed by atoms with Crippen molar-refractivity contribution in [3.63, 3.8) is 0 Å². The summed E-state index contributed by atoms with van der Waals surface area (Å²) in [6.45, 7) is 2.05. The highest BCUT2D eigenvalue weighted by Crippen LogP contribution is 2.42. The number of thioether (sulfide) groups is 1. The smallest absolute Gasteiger partial charge is 0.231 e. The second-order valence-corrected chi connectivity index (χ2v) is 8.03. The largest absolute Gasteiger partial charge is 0.358 e. The lowest BCUT2D eigenvalue weighted by Crippen LogP contribution is -2.31. The van der Waals surface area contributed by atoms with Crippen molar-refractivity contribution in [3.05, 3.63) is 59.7 Å². The van der Waals surface area contributed by atoms with E-state index in [0.29, 0.717) is 5.75 Å². The molecule has 0 radical (unpaired) electrons. The van der Waals surface area contributed by atoms with Crippen molar-refractivity contribution in [2.45, 2.75) is 18.9 Å². The minimum Gasteiger partial charge on any atom is -0.358 e. The van der Waals surface area contributed by atoms with Gasteiger partial charge in [0.15, 0.2) is 0 Å². The van der Waals surface area contributed by atoms with Gasteiger partial charge < -0.3 is 10.2 Å². The molecule has 128 valence electrons. The maximum Gasteiger partial charge on any atom is 0.231 e. The molecule has 0 saturated carbocycles. The molecule has 4 rings (SSSR count). The molecule has 3 nitrogen and oxygen atoms in total. The van der Waals surface area contributed by atoms with Crippen LogP contribution in [0.4, 0.5) is 0 Å². The second-order valence-electron chi connectivity index (χ2n) is 6.42. The van der Waals surface area contributed by atoms with Gasteiger partial charge in [-0.05, 0) is 35.1 Å². The predicted octanol–water partition coefficient (Wildman–Crippen LogP) is 3.99. The van der Waals surface area contributed by atoms with E-state index in [4.69, 9.17) is 12.2 Å². The third kappa shape index (κ3) is 3.31. The van der Waals surface area contributed by atoms with Gasteiger partial charge in [0.2, 0.25) is 5.91 Å². The van der Waals surface area contributed by atoms with E-state index in [0.717, 1.165) is 17.4 Å². The number of hydrogen-bond acceptors (Lipinski definition) is 3. The molecule has 1 aliphatic heterocycles. The van der Waals surface area contributed by atoms with Crippen molar-refractivity contribution in [3.8, 4) is 11.1 Å². The van der Waals surface area contributed by atoms with E-state index in [9.17, 15) is 4.79 Å². The minimum atomic E-state index is -0.0686. The Morgan fingerprint density at radius 2 is 1.60 bits per heavy atom. The van der Waals surface area contributed by atoms with Gasteiger partial charge >= 0.3 is 0 Å². The van der Waals surface area contributed by atoms with E-state index >= 15 is 0 Å². The summed E-state index contributed by atoms with van der Waals surface area (Å²) in [5, 5.41) is 3.20. The van der Waals surface area contributed by atoms with E-state index in [2.05, 4.69) is 34.5 Å². The van der Waals surface area contributed by atoms with Crippen LogP contribution in [0.5, 0.6) is 0 Å². The maximum atomic E-state index is 12.5. The number of rotatable bonds is 3. The lowest BCUT2D eigenvalue weighted by molar-refractivity contribution is -0.119. The van der Waals surface area contributed by atoms with Gasteiger partial charge in [-0.2, -0.15) is 0 Å². The average Bonchev–Trinajstić information content (AvgIpc) is 3.28. The molecule has 1 fully saturated rings. The van der Waals surface area contributed by atoms with Crippen LogP contribution in [-0.4, -0.2) is 34.0 Å². The van der Waals surface area contributed by atoms with E-state index in [1.165, 1.54) is 46.9 Å². The first-order chi connectivity index (χ1) is 12.2. The first-order valence-electron chi connectivity index (χ1n) is 8.63. The normalized spacial score (nSPS) is 15.8. The number of amides is 1. The van der Waals surface area contributed by atoms with Crippen LogP contribution in [0.25, 0.3) is 11.1 Å². The number of likely N-dealkylation sites (tertiary alicyclic amines) is 1. The summed E-state index contributed by atoms with van der Waals surface area (Å²) >= 11 is 6.92. The maximum absolute atomic E-state index is 12.5. The molecule has 25 heavy (non-hydrogen) atoms. The highest BCUT2D eigenvalue weighted by atomic mass is 32.2. The van der Waals surface area contributed by atoms with E-state index < -0.39 is 0 Å². The Morgan fingerprint density at radius 1 is 1.04 bits per heavy atom. The summed E-state index contributed by atoms with van der Waals surface area (Å²) in [5.74, 6) is 0.402. The van der Waals surface area contributed by atoms with Crippen LogP contribution in [0.3, 0.4) is 0 Å². The van der Waals surface area contributed by atoms with Gasteiger partial charge in [-0.15, -0.1) is 0 Å². The molecule has 2 aliphatic rings. The summed E-state index contributed by atoms with van der Waals surface area (Å²) in [6, 6.07) is 16.5. The van der Waals surface area contributed by atoms with Gasteiger partial charge in [0.25, 0.3) is 0 Å². The molecule has 1 N–H and O–H groups in total. The van der Waals surface area contributed by atoms with Crippen molar-refractivity contribution in [2.24, 2.45) is 0 Å². The van der Waals surface area contributed by atoms with Crippen LogP contribution >= 0.6 is 24.0 Å². The summed E-state index contributed by atoms with van der Waals surface area (Å²) in [6.07, 6.45) is 2.39. The number of carbonyl (C=O) groups excluding carboxylic acids is 1. The Balaban J connectivity index is 1.45. The van der Waals surface area contributed by atoms with Gasteiger partial charge in [0, 0.05) is 13.1 Å². The SMILES string of the molecule is O=C(CSC(=S)N1CCCC1)NC1c2ccccc2-c2ccccc21. The predicted molar refractivity (Wildman–Crippen MR) is 108 cm³/mol. The van der Waals surface area contributed by atoms with Crippen LogP contribution in [0.2, 0.25) is 0 Å². The van der Waals surface area contributed by atoms with Gasteiger partial charge in [0.05, 0.1) is 11.8 Å². The standard InChI is InChI=1S/C20H20N2OS2/c23-18(13-25-20(24)22-11-5-6-12-22)21-19-16-9-3-1-7-14(16)15-8-2-4-10-17(15)19/h1-4,7-10,19H,5-6,11-13H2,(H,21,23). The minimum absolute atomic E-state index is 0.0306. The molecular weight excluding hydrogens is 348 g/mol. The number of nitrogens with one attached hydrogen (secondary N) is 1. The summed E-state index contributed by atoms with van der Waals surface area (Å²) in [7, 11) is 0. The van der Waals surface area contributed by atoms with Gasteiger partial charge in [0.1, 0.15) is 4.32 Å². The number of fused-ring (bicyclic) bond motifs is 3. The van der Waals surface area contributed by atoms with Gasteiger partial charge in [-0.1, -0.05) is 72.5 Å². The number of carbonyl (C=O) groups is 1. The lowest BCUT2D eigenvalue weighted by Gasteiger charge is -2.19. The fourth-order valence-corrected chi connectivity index (χ4v) is 4.69. The fraction of sp³-hybridized carbons (Fsp3) is 0.300. The number of benzene rings is 2. The van der Waals surface area contributed by atoms with E-state index in [-0.39, 0.29) is 11.9 Å². The zero-order chi connectivity index (χ0) is 17.2.